The van der Waals surface area contributed by atoms with Crippen molar-refractivity contribution in [2.75, 3.05) is 76.9 Å². The Kier molecular flexibility index (Phi) is 8.60. The topological polar surface area (TPSA) is 128 Å². The Morgan fingerprint density at radius 1 is 0.932 bits per heavy atom. The van der Waals surface area contributed by atoms with Crippen molar-refractivity contribution < 1.29 is 28.1 Å². The number of nitrogens with zero attached hydrogens (tertiary/aromatic N) is 8. The Morgan fingerprint density at radius 3 is 2.41 bits per heavy atom. The van der Waals surface area contributed by atoms with Gasteiger partial charge in [0.2, 0.25) is 0 Å². The van der Waals surface area contributed by atoms with Gasteiger partial charge in [0, 0.05) is 44.2 Å². The van der Waals surface area contributed by atoms with E-state index in [-0.39, 0.29) is 22.6 Å². The number of methoxy groups -OCH3 is 3. The van der Waals surface area contributed by atoms with Crippen LogP contribution in [0.25, 0.3) is 0 Å². The Balaban J connectivity index is 0.996. The Bertz CT molecular complexity index is 1470. The van der Waals surface area contributed by atoms with E-state index in [2.05, 4.69) is 40.1 Å². The maximum atomic E-state index is 13.8. The number of anilines is 2. The summed E-state index contributed by atoms with van der Waals surface area (Å²) in [7, 11) is 4.40. The number of aromatic nitrogens is 5. The van der Waals surface area contributed by atoms with Crippen molar-refractivity contribution in [1.82, 2.24) is 30.3 Å². The number of carbonyl (C=O) groups is 1. The van der Waals surface area contributed by atoms with E-state index in [1.807, 2.05) is 6.07 Å². The third-order valence-corrected chi connectivity index (χ3v) is 8.98. The number of rotatable bonds is 9. The Labute approximate surface area is 255 Å². The first-order valence-electron chi connectivity index (χ1n) is 14.8. The standard InChI is InChI=1S/C30H37FN8O5/c1-41-24-15-25(34-36-27(24)42-2)38-10-6-20(7-11-38)16-37-12-8-30(9-13-37)17-39(18-30)26-28(35-33-19-32-26)44-23-5-4-21(31)14-22(23)29(40)43-3/h4-5,14-15,19-20H,6-13,16-18H2,1-3H3. The zero-order valence-electron chi connectivity index (χ0n) is 25.2. The van der Waals surface area contributed by atoms with Gasteiger partial charge >= 0.3 is 5.97 Å². The minimum atomic E-state index is -0.703. The summed E-state index contributed by atoms with van der Waals surface area (Å²) in [4.78, 5) is 23.6. The molecule has 2 aromatic heterocycles. The predicted molar refractivity (Wildman–Crippen MR) is 158 cm³/mol. The number of carbonyl (C=O) groups excluding carboxylic acids is 1. The van der Waals surface area contributed by atoms with Gasteiger partial charge in [0.05, 0.1) is 21.3 Å². The van der Waals surface area contributed by atoms with Crippen LogP contribution in [-0.2, 0) is 4.74 Å². The number of piperidine rings is 2. The molecule has 0 atom stereocenters. The highest BCUT2D eigenvalue weighted by molar-refractivity contribution is 5.92. The molecule has 6 rings (SSSR count). The highest BCUT2D eigenvalue weighted by Crippen LogP contribution is 2.44. The molecular weight excluding hydrogens is 571 g/mol. The van der Waals surface area contributed by atoms with Gasteiger partial charge < -0.3 is 33.6 Å². The van der Waals surface area contributed by atoms with Crippen LogP contribution >= 0.6 is 0 Å². The van der Waals surface area contributed by atoms with E-state index >= 15 is 0 Å². The second-order valence-electron chi connectivity index (χ2n) is 11.7. The molecule has 3 fully saturated rings. The van der Waals surface area contributed by atoms with Crippen molar-refractivity contribution in [3.8, 4) is 23.3 Å². The lowest BCUT2D eigenvalue weighted by Crippen LogP contribution is -2.61. The zero-order chi connectivity index (χ0) is 30.7. The van der Waals surface area contributed by atoms with Crippen LogP contribution in [0.15, 0.2) is 30.6 Å². The van der Waals surface area contributed by atoms with E-state index in [1.165, 1.54) is 25.6 Å². The average molecular weight is 609 g/mol. The molecular formula is C30H37FN8O5. The van der Waals surface area contributed by atoms with Gasteiger partial charge in [0.25, 0.3) is 11.8 Å². The summed E-state index contributed by atoms with van der Waals surface area (Å²) in [6.45, 7) is 6.81. The molecule has 1 aromatic carbocycles. The van der Waals surface area contributed by atoms with Crippen molar-refractivity contribution in [3.63, 3.8) is 0 Å². The molecule has 3 aliphatic rings. The predicted octanol–water partition coefficient (Wildman–Crippen LogP) is 3.22. The van der Waals surface area contributed by atoms with Crippen molar-refractivity contribution >= 4 is 17.6 Å². The molecule has 234 valence electrons. The third-order valence-electron chi connectivity index (χ3n) is 8.98. The molecule has 0 saturated carbocycles. The van der Waals surface area contributed by atoms with Gasteiger partial charge in [-0.3, -0.25) is 0 Å². The molecule has 0 radical (unpaired) electrons. The molecule has 14 heteroatoms. The molecule has 0 bridgehead atoms. The van der Waals surface area contributed by atoms with E-state index < -0.39 is 11.8 Å². The van der Waals surface area contributed by atoms with Crippen LogP contribution in [0.1, 0.15) is 36.0 Å². The normalized spacial score (nSPS) is 18.5. The fraction of sp³-hybridized carbons (Fsp3) is 0.533. The summed E-state index contributed by atoms with van der Waals surface area (Å²) in [5, 5.41) is 16.5. The van der Waals surface area contributed by atoms with Crippen LogP contribution in [0.2, 0.25) is 0 Å². The van der Waals surface area contributed by atoms with Gasteiger partial charge in [-0.05, 0) is 62.9 Å². The smallest absolute Gasteiger partial charge is 0.341 e. The SMILES string of the molecule is COC(=O)c1cc(F)ccc1Oc1nncnc1N1CC2(CCN(CC3CCN(c4cc(OC)c(OC)nn4)CC3)CC2)C1. The van der Waals surface area contributed by atoms with Crippen LogP contribution in [0.5, 0.6) is 23.3 Å². The first kappa shape index (κ1) is 29.7. The minimum absolute atomic E-state index is 0.0307. The number of likely N-dealkylation sites (tertiary alicyclic amines) is 1. The van der Waals surface area contributed by atoms with Crippen LogP contribution in [-0.4, -0.2) is 103 Å². The number of esters is 1. The first-order valence-corrected chi connectivity index (χ1v) is 14.8. The van der Waals surface area contributed by atoms with Crippen molar-refractivity contribution in [2.45, 2.75) is 25.7 Å². The summed E-state index contributed by atoms with van der Waals surface area (Å²) >= 11 is 0. The lowest BCUT2D eigenvalue weighted by molar-refractivity contribution is 0.0597. The molecule has 1 spiro atoms. The molecule has 3 aromatic rings. The van der Waals surface area contributed by atoms with E-state index in [1.54, 1.807) is 14.2 Å². The van der Waals surface area contributed by atoms with Gasteiger partial charge in [0.1, 0.15) is 23.5 Å². The van der Waals surface area contributed by atoms with Gasteiger partial charge in [-0.2, -0.15) is 0 Å². The zero-order valence-corrected chi connectivity index (χ0v) is 25.2. The molecule has 0 amide bonds. The van der Waals surface area contributed by atoms with Gasteiger partial charge in [-0.25, -0.2) is 14.2 Å². The van der Waals surface area contributed by atoms with E-state index in [0.29, 0.717) is 23.4 Å². The maximum Gasteiger partial charge on any atom is 0.341 e. The van der Waals surface area contributed by atoms with Gasteiger partial charge in [0.15, 0.2) is 17.4 Å². The quantitative estimate of drug-likeness (QED) is 0.330. The number of hydrogen-bond donors (Lipinski definition) is 0. The molecule has 0 aliphatic carbocycles. The number of benzene rings is 1. The summed E-state index contributed by atoms with van der Waals surface area (Å²) < 4.78 is 35.1. The fourth-order valence-electron chi connectivity index (χ4n) is 6.45. The van der Waals surface area contributed by atoms with Crippen molar-refractivity contribution in [1.29, 1.82) is 0 Å². The molecule has 13 nitrogen and oxygen atoms in total. The Morgan fingerprint density at radius 2 is 1.70 bits per heavy atom. The Hall–Kier alpha value is -4.33. The average Bonchev–Trinajstić information content (AvgIpc) is 3.05. The molecule has 3 saturated heterocycles. The van der Waals surface area contributed by atoms with Crippen LogP contribution in [0, 0.1) is 17.2 Å². The van der Waals surface area contributed by atoms with Crippen LogP contribution < -0.4 is 24.0 Å². The molecule has 44 heavy (non-hydrogen) atoms. The lowest BCUT2D eigenvalue weighted by atomic mass is 9.72. The van der Waals surface area contributed by atoms with Crippen molar-refractivity contribution in [2.24, 2.45) is 11.3 Å². The largest absolute Gasteiger partial charge is 0.491 e. The second-order valence-corrected chi connectivity index (χ2v) is 11.7. The van der Waals surface area contributed by atoms with E-state index in [4.69, 9.17) is 18.9 Å². The van der Waals surface area contributed by atoms with Gasteiger partial charge in [-0.15, -0.1) is 20.4 Å². The number of hydrogen-bond acceptors (Lipinski definition) is 13. The third kappa shape index (κ3) is 6.16. The van der Waals surface area contributed by atoms with Crippen LogP contribution in [0.4, 0.5) is 16.0 Å². The van der Waals surface area contributed by atoms with Crippen LogP contribution in [0.3, 0.4) is 0 Å². The first-order chi connectivity index (χ1) is 21.4. The lowest BCUT2D eigenvalue weighted by Gasteiger charge is -2.54. The summed E-state index contributed by atoms with van der Waals surface area (Å²) in [6.07, 6.45) is 5.83. The highest BCUT2D eigenvalue weighted by atomic mass is 19.1. The van der Waals surface area contributed by atoms with E-state index in [0.717, 1.165) is 83.4 Å². The van der Waals surface area contributed by atoms with E-state index in [9.17, 15) is 9.18 Å². The number of halogens is 1. The minimum Gasteiger partial charge on any atom is -0.491 e. The fourth-order valence-corrected chi connectivity index (χ4v) is 6.45. The summed E-state index contributed by atoms with van der Waals surface area (Å²) in [5.74, 6) is 2.05. The maximum absolute atomic E-state index is 13.8. The molecule has 3 aliphatic heterocycles. The molecule has 0 N–H and O–H groups in total. The van der Waals surface area contributed by atoms with Crippen molar-refractivity contribution in [3.05, 3.63) is 42.0 Å². The monoisotopic (exact) mass is 608 g/mol. The highest BCUT2D eigenvalue weighted by Gasteiger charge is 2.46. The molecule has 5 heterocycles. The van der Waals surface area contributed by atoms with Gasteiger partial charge in [-0.1, -0.05) is 0 Å². The molecule has 0 unspecified atom stereocenters. The number of ether oxygens (including phenoxy) is 4. The second kappa shape index (κ2) is 12.7. The summed E-state index contributed by atoms with van der Waals surface area (Å²) in [6, 6.07) is 5.57. The summed E-state index contributed by atoms with van der Waals surface area (Å²) in [5.41, 5.74) is 0.193.